The van der Waals surface area contributed by atoms with Crippen LogP contribution in [-0.4, -0.2) is 27.7 Å². The summed E-state index contributed by atoms with van der Waals surface area (Å²) in [5.41, 5.74) is 2.14. The van der Waals surface area contributed by atoms with E-state index in [1.54, 1.807) is 25.3 Å². The van der Waals surface area contributed by atoms with Crippen molar-refractivity contribution in [2.45, 2.75) is 19.4 Å². The van der Waals surface area contributed by atoms with Crippen molar-refractivity contribution >= 4 is 21.6 Å². The summed E-state index contributed by atoms with van der Waals surface area (Å²) in [6.07, 6.45) is 1.34. The molecule has 7 heteroatoms. The Kier molecular flexibility index (Phi) is 6.03. The zero-order chi connectivity index (χ0) is 18.4. The molecule has 0 spiro atoms. The van der Waals surface area contributed by atoms with E-state index >= 15 is 0 Å². The summed E-state index contributed by atoms with van der Waals surface area (Å²) in [4.78, 5) is 12.2. The maximum atomic E-state index is 12.2. The van der Waals surface area contributed by atoms with E-state index in [4.69, 9.17) is 4.74 Å². The van der Waals surface area contributed by atoms with Crippen molar-refractivity contribution in [3.63, 3.8) is 0 Å². The van der Waals surface area contributed by atoms with E-state index in [9.17, 15) is 13.2 Å². The molecule has 0 saturated carbocycles. The van der Waals surface area contributed by atoms with E-state index in [0.717, 1.165) is 17.4 Å². The molecule has 25 heavy (non-hydrogen) atoms. The van der Waals surface area contributed by atoms with Crippen molar-refractivity contribution in [1.29, 1.82) is 0 Å². The second kappa shape index (κ2) is 8.02. The van der Waals surface area contributed by atoms with Crippen LogP contribution in [0.3, 0.4) is 0 Å². The molecule has 2 aromatic rings. The Balaban J connectivity index is 2.02. The number of carbonyl (C=O) groups excluding carboxylic acids is 1. The first-order chi connectivity index (χ1) is 11.8. The molecule has 0 aromatic heterocycles. The Bertz CT molecular complexity index is 850. The molecule has 0 heterocycles. The smallest absolute Gasteiger partial charge is 0.229 e. The summed E-state index contributed by atoms with van der Waals surface area (Å²) in [7, 11) is -1.76. The van der Waals surface area contributed by atoms with Crippen LogP contribution in [0.5, 0.6) is 5.75 Å². The quantitative estimate of drug-likeness (QED) is 0.792. The molecular formula is C18H22N2O4S. The van der Waals surface area contributed by atoms with Gasteiger partial charge in [0.05, 0.1) is 25.8 Å². The number of ether oxygens (including phenoxy) is 1. The summed E-state index contributed by atoms with van der Waals surface area (Å²) in [5, 5.41) is 2.92. The molecular weight excluding hydrogens is 340 g/mol. The van der Waals surface area contributed by atoms with Gasteiger partial charge in [0.25, 0.3) is 0 Å². The lowest BCUT2D eigenvalue weighted by atomic mass is 10.1. The zero-order valence-corrected chi connectivity index (χ0v) is 15.3. The number of benzene rings is 2. The van der Waals surface area contributed by atoms with Crippen LogP contribution in [0.4, 0.5) is 5.69 Å². The molecule has 2 rings (SSSR count). The molecule has 1 atom stereocenters. The van der Waals surface area contributed by atoms with Crippen molar-refractivity contribution in [2.75, 3.05) is 18.1 Å². The average Bonchev–Trinajstić information content (AvgIpc) is 2.53. The van der Waals surface area contributed by atoms with Crippen LogP contribution in [-0.2, 0) is 21.2 Å². The highest BCUT2D eigenvalue weighted by Crippen LogP contribution is 2.19. The van der Waals surface area contributed by atoms with E-state index < -0.39 is 10.0 Å². The topological polar surface area (TPSA) is 84.5 Å². The SMILES string of the molecule is COc1cccc(CC(=O)NC(C)c2cccc(NS(C)(=O)=O)c2)c1. The number of amides is 1. The molecule has 0 bridgehead atoms. The lowest BCUT2D eigenvalue weighted by molar-refractivity contribution is -0.121. The fourth-order valence-corrected chi connectivity index (χ4v) is 2.98. The largest absolute Gasteiger partial charge is 0.497 e. The van der Waals surface area contributed by atoms with Gasteiger partial charge in [-0.1, -0.05) is 24.3 Å². The van der Waals surface area contributed by atoms with Gasteiger partial charge in [0.15, 0.2) is 0 Å². The monoisotopic (exact) mass is 362 g/mol. The maximum absolute atomic E-state index is 12.2. The van der Waals surface area contributed by atoms with Crippen LogP contribution in [0, 0.1) is 0 Å². The highest BCUT2D eigenvalue weighted by atomic mass is 32.2. The molecule has 0 fully saturated rings. The third kappa shape index (κ3) is 6.11. The van der Waals surface area contributed by atoms with Gasteiger partial charge in [-0.05, 0) is 42.3 Å². The number of nitrogens with one attached hydrogen (secondary N) is 2. The first-order valence-electron chi connectivity index (χ1n) is 7.77. The molecule has 1 unspecified atom stereocenters. The summed E-state index contributed by atoms with van der Waals surface area (Å²) in [6.45, 7) is 1.85. The maximum Gasteiger partial charge on any atom is 0.229 e. The summed E-state index contributed by atoms with van der Waals surface area (Å²) < 4.78 is 30.2. The minimum Gasteiger partial charge on any atom is -0.497 e. The third-order valence-electron chi connectivity index (χ3n) is 3.57. The first kappa shape index (κ1) is 18.8. The molecule has 6 nitrogen and oxygen atoms in total. The molecule has 0 aliphatic heterocycles. The Morgan fingerprint density at radius 1 is 1.16 bits per heavy atom. The molecule has 134 valence electrons. The Morgan fingerprint density at radius 3 is 2.56 bits per heavy atom. The average molecular weight is 362 g/mol. The molecule has 0 radical (unpaired) electrons. The van der Waals surface area contributed by atoms with Crippen LogP contribution in [0.15, 0.2) is 48.5 Å². The van der Waals surface area contributed by atoms with Crippen molar-refractivity contribution in [3.8, 4) is 5.75 Å². The fourth-order valence-electron chi connectivity index (χ4n) is 2.43. The molecule has 1 amide bonds. The first-order valence-corrected chi connectivity index (χ1v) is 9.66. The number of sulfonamides is 1. The second-order valence-electron chi connectivity index (χ2n) is 5.82. The van der Waals surface area contributed by atoms with Crippen molar-refractivity contribution < 1.29 is 17.9 Å². The van der Waals surface area contributed by atoms with Crippen LogP contribution in [0.1, 0.15) is 24.1 Å². The number of hydrogen-bond donors (Lipinski definition) is 2. The second-order valence-corrected chi connectivity index (χ2v) is 7.57. The number of carbonyl (C=O) groups is 1. The number of rotatable bonds is 7. The van der Waals surface area contributed by atoms with Gasteiger partial charge in [0.2, 0.25) is 15.9 Å². The van der Waals surface area contributed by atoms with E-state index in [2.05, 4.69) is 10.0 Å². The lowest BCUT2D eigenvalue weighted by Crippen LogP contribution is -2.28. The molecule has 2 N–H and O–H groups in total. The van der Waals surface area contributed by atoms with Gasteiger partial charge in [-0.15, -0.1) is 0 Å². The highest BCUT2D eigenvalue weighted by molar-refractivity contribution is 7.92. The Morgan fingerprint density at radius 2 is 1.88 bits per heavy atom. The van der Waals surface area contributed by atoms with Crippen molar-refractivity contribution in [2.24, 2.45) is 0 Å². The minimum absolute atomic E-state index is 0.123. The van der Waals surface area contributed by atoms with Crippen molar-refractivity contribution in [3.05, 3.63) is 59.7 Å². The van der Waals surface area contributed by atoms with Gasteiger partial charge < -0.3 is 10.1 Å². The van der Waals surface area contributed by atoms with E-state index in [1.165, 1.54) is 0 Å². The summed E-state index contributed by atoms with van der Waals surface area (Å²) >= 11 is 0. The Hall–Kier alpha value is -2.54. The molecule has 0 saturated heterocycles. The van der Waals surface area contributed by atoms with Gasteiger partial charge in [-0.3, -0.25) is 9.52 Å². The number of hydrogen-bond acceptors (Lipinski definition) is 4. The normalized spacial score (nSPS) is 12.3. The summed E-state index contributed by atoms with van der Waals surface area (Å²) in [6, 6.07) is 14.0. The standard InChI is InChI=1S/C18H22N2O4S/c1-13(15-7-5-8-16(12-15)20-25(3,22)23)19-18(21)11-14-6-4-9-17(10-14)24-2/h4-10,12-13,20H,11H2,1-3H3,(H,19,21). The van der Waals surface area contributed by atoms with Gasteiger partial charge in [-0.2, -0.15) is 0 Å². The summed E-state index contributed by atoms with van der Waals surface area (Å²) in [5.74, 6) is 0.583. The fraction of sp³-hybridized carbons (Fsp3) is 0.278. The van der Waals surface area contributed by atoms with Crippen LogP contribution in [0.25, 0.3) is 0 Å². The van der Waals surface area contributed by atoms with Crippen LogP contribution < -0.4 is 14.8 Å². The predicted molar refractivity (Wildman–Crippen MR) is 98.2 cm³/mol. The van der Waals surface area contributed by atoms with Gasteiger partial charge in [0.1, 0.15) is 5.75 Å². The molecule has 0 aliphatic carbocycles. The van der Waals surface area contributed by atoms with Crippen molar-refractivity contribution in [1.82, 2.24) is 5.32 Å². The number of methoxy groups -OCH3 is 1. The number of anilines is 1. The predicted octanol–water partition coefficient (Wildman–Crippen LogP) is 2.49. The third-order valence-corrected chi connectivity index (χ3v) is 4.17. The van der Waals surface area contributed by atoms with Crippen LogP contribution >= 0.6 is 0 Å². The van der Waals surface area contributed by atoms with Gasteiger partial charge in [-0.25, -0.2) is 8.42 Å². The Labute approximate surface area is 148 Å². The van der Waals surface area contributed by atoms with Gasteiger partial charge in [0, 0.05) is 5.69 Å². The van der Waals surface area contributed by atoms with Gasteiger partial charge >= 0.3 is 0 Å². The highest BCUT2D eigenvalue weighted by Gasteiger charge is 2.12. The van der Waals surface area contributed by atoms with E-state index in [1.807, 2.05) is 37.3 Å². The lowest BCUT2D eigenvalue weighted by Gasteiger charge is -2.16. The van der Waals surface area contributed by atoms with E-state index in [0.29, 0.717) is 11.4 Å². The zero-order valence-electron chi connectivity index (χ0n) is 14.4. The van der Waals surface area contributed by atoms with E-state index in [-0.39, 0.29) is 18.4 Å². The molecule has 2 aromatic carbocycles. The minimum atomic E-state index is -3.34. The van der Waals surface area contributed by atoms with Crippen LogP contribution in [0.2, 0.25) is 0 Å². The molecule has 0 aliphatic rings.